The number of aliphatic imine (C=N–C) groups is 1. The average molecular weight is 498 g/mol. The van der Waals surface area contributed by atoms with Crippen LogP contribution < -0.4 is 10.6 Å². The minimum Gasteiger partial charge on any atom is -0.356 e. The zero-order chi connectivity index (χ0) is 16.3. The Balaban J connectivity index is 0.00000288. The summed E-state index contributed by atoms with van der Waals surface area (Å²) in [5.74, 6) is 1.87. The summed E-state index contributed by atoms with van der Waals surface area (Å²) in [6, 6.07) is 3.80. The first-order chi connectivity index (χ1) is 11.3. The van der Waals surface area contributed by atoms with Gasteiger partial charge in [0.05, 0.1) is 0 Å². The van der Waals surface area contributed by atoms with E-state index in [2.05, 4.69) is 25.6 Å². The Morgan fingerprint density at radius 3 is 2.79 bits per heavy atom. The summed E-state index contributed by atoms with van der Waals surface area (Å²) in [5, 5.41) is 9.14. The third-order valence-electron chi connectivity index (χ3n) is 2.97. The number of rotatable bonds is 8. The lowest BCUT2D eigenvalue weighted by atomic mass is 10.2. The van der Waals surface area contributed by atoms with Gasteiger partial charge in [-0.15, -0.1) is 35.3 Å². The van der Waals surface area contributed by atoms with Crippen LogP contribution in [0.25, 0.3) is 0 Å². The van der Waals surface area contributed by atoms with E-state index in [1.165, 1.54) is 0 Å². The summed E-state index contributed by atoms with van der Waals surface area (Å²) in [6.07, 6.45) is 5.58. The van der Waals surface area contributed by atoms with Crippen LogP contribution in [0.2, 0.25) is 5.15 Å². The maximum Gasteiger partial charge on any atom is 0.190 e. The molecule has 0 spiro atoms. The monoisotopic (exact) mass is 497 g/mol. The van der Waals surface area contributed by atoms with Gasteiger partial charge in [0.25, 0.3) is 0 Å². The smallest absolute Gasteiger partial charge is 0.190 e. The van der Waals surface area contributed by atoms with Crippen molar-refractivity contribution in [2.24, 2.45) is 4.99 Å². The molecule has 0 radical (unpaired) electrons. The van der Waals surface area contributed by atoms with Crippen molar-refractivity contribution in [3.8, 4) is 0 Å². The summed E-state index contributed by atoms with van der Waals surface area (Å²) >= 11 is 9.25. The van der Waals surface area contributed by atoms with Gasteiger partial charge in [0.2, 0.25) is 0 Å². The zero-order valence-corrected chi connectivity index (χ0v) is 18.1. The van der Waals surface area contributed by atoms with E-state index in [0.717, 1.165) is 47.5 Å². The van der Waals surface area contributed by atoms with Gasteiger partial charge in [-0.25, -0.2) is 9.97 Å². The molecule has 2 rings (SSSR count). The van der Waals surface area contributed by atoms with Crippen molar-refractivity contribution in [3.05, 3.63) is 40.6 Å². The molecule has 0 atom stereocenters. The van der Waals surface area contributed by atoms with Crippen molar-refractivity contribution < 1.29 is 0 Å². The molecule has 2 aromatic heterocycles. The Hall–Kier alpha value is -0.580. The van der Waals surface area contributed by atoms with Gasteiger partial charge < -0.3 is 10.6 Å². The Labute approximate surface area is 173 Å². The minimum atomic E-state index is 0. The summed E-state index contributed by atoms with van der Waals surface area (Å²) in [6.45, 7) is 1.69. The second kappa shape index (κ2) is 12.7. The van der Waals surface area contributed by atoms with Crippen molar-refractivity contribution in [3.63, 3.8) is 0 Å². The third-order valence-corrected chi connectivity index (χ3v) is 5.24. The van der Waals surface area contributed by atoms with Crippen molar-refractivity contribution in [1.82, 2.24) is 20.6 Å². The molecule has 0 bridgehead atoms. The van der Waals surface area contributed by atoms with Crippen molar-refractivity contribution >= 4 is 64.6 Å². The van der Waals surface area contributed by atoms with E-state index in [0.29, 0.717) is 5.15 Å². The molecule has 0 saturated carbocycles. The maximum absolute atomic E-state index is 5.77. The fraction of sp³-hybridized carbons (Fsp3) is 0.400. The van der Waals surface area contributed by atoms with Gasteiger partial charge in [-0.2, -0.15) is 0 Å². The number of thiazole rings is 1. The molecule has 5 nitrogen and oxygen atoms in total. The highest BCUT2D eigenvalue weighted by Crippen LogP contribution is 2.20. The van der Waals surface area contributed by atoms with Gasteiger partial charge in [-0.3, -0.25) is 4.99 Å². The van der Waals surface area contributed by atoms with Crippen molar-refractivity contribution in [1.29, 1.82) is 0 Å². The van der Waals surface area contributed by atoms with E-state index in [-0.39, 0.29) is 24.0 Å². The van der Waals surface area contributed by atoms with Crippen LogP contribution in [0.4, 0.5) is 0 Å². The molecule has 132 valence electrons. The molecule has 2 N–H and O–H groups in total. The van der Waals surface area contributed by atoms with E-state index in [1.54, 1.807) is 36.3 Å². The second-order valence-electron chi connectivity index (χ2n) is 4.66. The Bertz CT molecular complexity index is 592. The van der Waals surface area contributed by atoms with Gasteiger partial charge in [0, 0.05) is 43.7 Å². The molecule has 2 aromatic rings. The normalized spacial score (nSPS) is 11.0. The van der Waals surface area contributed by atoms with Gasteiger partial charge in [0.15, 0.2) is 5.96 Å². The van der Waals surface area contributed by atoms with E-state index in [1.807, 2.05) is 23.7 Å². The Kier molecular flexibility index (Phi) is 11.4. The lowest BCUT2D eigenvalue weighted by Crippen LogP contribution is -2.38. The maximum atomic E-state index is 5.77. The van der Waals surface area contributed by atoms with E-state index < -0.39 is 0 Å². The lowest BCUT2D eigenvalue weighted by Gasteiger charge is -2.11. The predicted octanol–water partition coefficient (Wildman–Crippen LogP) is 3.70. The van der Waals surface area contributed by atoms with Gasteiger partial charge in [-0.1, -0.05) is 29.4 Å². The number of pyridine rings is 1. The molecule has 0 unspecified atom stereocenters. The standard InChI is InChI=1S/C15H20ClN5S2.HI/c1-17-14(18-6-2-9-22-15-20-8-10-23-15)19-7-5-12-3-4-13(16)21-11-12;/h3-4,8,10-11H,2,5-7,9H2,1H3,(H2,17,18,19);1H. The summed E-state index contributed by atoms with van der Waals surface area (Å²) in [7, 11) is 1.78. The molecule has 0 aromatic carbocycles. The highest BCUT2D eigenvalue weighted by atomic mass is 127. The number of hydrogen-bond acceptors (Lipinski definition) is 5. The number of thioether (sulfide) groups is 1. The second-order valence-corrected chi connectivity index (χ2v) is 7.29. The lowest BCUT2D eigenvalue weighted by molar-refractivity contribution is 0.776. The Morgan fingerprint density at radius 1 is 1.29 bits per heavy atom. The summed E-state index contributed by atoms with van der Waals surface area (Å²) < 4.78 is 1.13. The molecule has 2 heterocycles. The van der Waals surface area contributed by atoms with E-state index in [9.17, 15) is 0 Å². The van der Waals surface area contributed by atoms with Crippen LogP contribution in [0.3, 0.4) is 0 Å². The molecule has 0 fully saturated rings. The fourth-order valence-electron chi connectivity index (χ4n) is 1.82. The molecule has 0 aliphatic heterocycles. The first-order valence-corrected chi connectivity index (χ1v) is 9.59. The van der Waals surface area contributed by atoms with Crippen LogP contribution in [0.1, 0.15) is 12.0 Å². The summed E-state index contributed by atoms with van der Waals surface area (Å²) in [4.78, 5) is 12.5. The topological polar surface area (TPSA) is 62.2 Å². The molecule has 0 aliphatic rings. The van der Waals surface area contributed by atoms with Crippen LogP contribution in [0.15, 0.2) is 39.2 Å². The zero-order valence-electron chi connectivity index (χ0n) is 13.4. The third kappa shape index (κ3) is 8.50. The number of halogens is 2. The quantitative estimate of drug-likeness (QED) is 0.145. The van der Waals surface area contributed by atoms with E-state index >= 15 is 0 Å². The largest absolute Gasteiger partial charge is 0.356 e. The van der Waals surface area contributed by atoms with E-state index in [4.69, 9.17) is 11.6 Å². The van der Waals surface area contributed by atoms with Gasteiger partial charge in [-0.05, 0) is 24.5 Å². The van der Waals surface area contributed by atoms with Crippen LogP contribution in [0, 0.1) is 0 Å². The molecule has 0 amide bonds. The fourth-order valence-corrected chi connectivity index (χ4v) is 3.58. The number of guanidine groups is 1. The molecule has 0 saturated heterocycles. The molecule has 9 heteroatoms. The van der Waals surface area contributed by atoms with Gasteiger partial charge >= 0.3 is 0 Å². The number of aromatic nitrogens is 2. The SMILES string of the molecule is CN=C(NCCCSc1nccs1)NCCc1ccc(Cl)nc1.I. The summed E-state index contributed by atoms with van der Waals surface area (Å²) in [5.41, 5.74) is 1.15. The first kappa shape index (κ1) is 21.5. The van der Waals surface area contributed by atoms with Crippen molar-refractivity contribution in [2.45, 2.75) is 17.2 Å². The van der Waals surface area contributed by atoms with Crippen LogP contribution >= 0.6 is 58.7 Å². The Morgan fingerprint density at radius 2 is 2.12 bits per heavy atom. The average Bonchev–Trinajstić information content (AvgIpc) is 3.08. The highest BCUT2D eigenvalue weighted by Gasteiger charge is 2.00. The molecular weight excluding hydrogens is 477 g/mol. The number of nitrogens with one attached hydrogen (secondary N) is 2. The van der Waals surface area contributed by atoms with Crippen LogP contribution in [0.5, 0.6) is 0 Å². The van der Waals surface area contributed by atoms with Crippen molar-refractivity contribution in [2.75, 3.05) is 25.9 Å². The number of nitrogens with zero attached hydrogens (tertiary/aromatic N) is 3. The number of hydrogen-bond donors (Lipinski definition) is 2. The molecular formula is C15H21ClIN5S2. The predicted molar refractivity (Wildman–Crippen MR) is 115 cm³/mol. The van der Waals surface area contributed by atoms with Crippen LogP contribution in [-0.4, -0.2) is 41.8 Å². The molecule has 0 aliphatic carbocycles. The minimum absolute atomic E-state index is 0. The van der Waals surface area contributed by atoms with Gasteiger partial charge in [0.1, 0.15) is 9.49 Å². The highest BCUT2D eigenvalue weighted by molar-refractivity contribution is 14.0. The van der Waals surface area contributed by atoms with Crippen LogP contribution in [-0.2, 0) is 6.42 Å². The molecule has 24 heavy (non-hydrogen) atoms. The first-order valence-electron chi connectivity index (χ1n) is 7.35.